The summed E-state index contributed by atoms with van der Waals surface area (Å²) in [7, 11) is 1.70. The van der Waals surface area contributed by atoms with Crippen LogP contribution in [-0.2, 0) is 16.0 Å². The number of carbonyl (C=O) groups is 3. The average Bonchev–Trinajstić information content (AvgIpc) is 3.14. The Morgan fingerprint density at radius 2 is 2.14 bits per heavy atom. The number of rotatable bonds is 4. The number of likely N-dealkylation sites (N-methyl/N-ethyl adjacent to an activating group) is 1. The molecule has 0 fully saturated rings. The number of esters is 1. The molecule has 1 aliphatic heterocycles. The fourth-order valence-electron chi connectivity index (χ4n) is 2.39. The molecule has 0 atom stereocenters. The van der Waals surface area contributed by atoms with Gasteiger partial charge in [-0.15, -0.1) is 0 Å². The molecule has 0 radical (unpaired) electrons. The lowest BCUT2D eigenvalue weighted by atomic mass is 10.1. The summed E-state index contributed by atoms with van der Waals surface area (Å²) in [5.74, 6) is -0.878. The largest absolute Gasteiger partial charge is 0.453 e. The average molecular weight is 298 g/mol. The first-order chi connectivity index (χ1) is 10.6. The van der Waals surface area contributed by atoms with Crippen molar-refractivity contribution in [2.45, 2.75) is 6.42 Å². The van der Waals surface area contributed by atoms with Gasteiger partial charge >= 0.3 is 5.97 Å². The number of anilines is 1. The van der Waals surface area contributed by atoms with Crippen LogP contribution in [0.1, 0.15) is 26.4 Å². The minimum absolute atomic E-state index is 0.00206. The molecule has 0 saturated heterocycles. The number of aromatic amines is 1. The number of Topliss-reactive ketones (excluding diaryl/α,β-unsaturated/α-hetero) is 1. The van der Waals surface area contributed by atoms with Crippen LogP contribution >= 0.6 is 0 Å². The maximum absolute atomic E-state index is 12.1. The van der Waals surface area contributed by atoms with Crippen LogP contribution in [0.3, 0.4) is 0 Å². The van der Waals surface area contributed by atoms with Crippen molar-refractivity contribution in [2.75, 3.05) is 18.6 Å². The minimum Gasteiger partial charge on any atom is -0.453 e. The van der Waals surface area contributed by atoms with Gasteiger partial charge in [0, 0.05) is 24.5 Å². The Morgan fingerprint density at radius 1 is 1.32 bits per heavy atom. The number of nitrogens with one attached hydrogen (secondary N) is 1. The molecule has 0 spiro atoms. The molecule has 2 heterocycles. The highest BCUT2D eigenvalue weighted by Gasteiger charge is 2.25. The van der Waals surface area contributed by atoms with Crippen LogP contribution in [0.5, 0.6) is 0 Å². The minimum atomic E-state index is -0.575. The van der Waals surface area contributed by atoms with E-state index in [0.29, 0.717) is 11.3 Å². The molecule has 1 aliphatic rings. The van der Waals surface area contributed by atoms with E-state index in [0.717, 1.165) is 11.3 Å². The third kappa shape index (κ3) is 2.50. The van der Waals surface area contributed by atoms with Crippen molar-refractivity contribution in [3.63, 3.8) is 0 Å². The highest BCUT2D eigenvalue weighted by molar-refractivity contribution is 6.04. The smallest absolute Gasteiger partial charge is 0.355 e. The normalized spacial score (nSPS) is 13.1. The number of hydrogen-bond acceptors (Lipinski definition) is 4. The van der Waals surface area contributed by atoms with Crippen molar-refractivity contribution >= 4 is 23.3 Å². The van der Waals surface area contributed by atoms with Gasteiger partial charge in [0.15, 0.2) is 12.4 Å². The monoisotopic (exact) mass is 298 g/mol. The van der Waals surface area contributed by atoms with Crippen molar-refractivity contribution < 1.29 is 19.1 Å². The van der Waals surface area contributed by atoms with Crippen molar-refractivity contribution in [2.24, 2.45) is 0 Å². The molecule has 1 aromatic heterocycles. The molecule has 0 bridgehead atoms. The molecule has 1 amide bonds. The Balaban J connectivity index is 1.68. The number of ketones is 1. The van der Waals surface area contributed by atoms with E-state index in [1.165, 1.54) is 0 Å². The molecule has 6 heteroatoms. The summed E-state index contributed by atoms with van der Waals surface area (Å²) in [6, 6.07) is 8.30. The van der Waals surface area contributed by atoms with Crippen molar-refractivity contribution in [1.82, 2.24) is 4.98 Å². The van der Waals surface area contributed by atoms with Crippen molar-refractivity contribution in [3.8, 4) is 0 Å². The van der Waals surface area contributed by atoms with E-state index in [9.17, 15) is 14.4 Å². The van der Waals surface area contributed by atoms with E-state index in [1.807, 2.05) is 0 Å². The summed E-state index contributed by atoms with van der Waals surface area (Å²) in [6.07, 6.45) is 1.89. The molecule has 3 rings (SSSR count). The van der Waals surface area contributed by atoms with Gasteiger partial charge < -0.3 is 14.6 Å². The van der Waals surface area contributed by atoms with E-state index in [2.05, 4.69) is 4.98 Å². The predicted molar refractivity (Wildman–Crippen MR) is 79.0 cm³/mol. The number of nitrogens with zero attached hydrogens (tertiary/aromatic N) is 1. The number of fused-ring (bicyclic) bond motifs is 1. The first-order valence-electron chi connectivity index (χ1n) is 6.79. The third-order valence-electron chi connectivity index (χ3n) is 3.63. The predicted octanol–water partition coefficient (Wildman–Crippen LogP) is 1.57. The summed E-state index contributed by atoms with van der Waals surface area (Å²) in [5, 5.41) is 0. The number of benzene rings is 1. The summed E-state index contributed by atoms with van der Waals surface area (Å²) in [6.45, 7) is -0.333. The van der Waals surface area contributed by atoms with Gasteiger partial charge in [0.25, 0.3) is 0 Å². The van der Waals surface area contributed by atoms with Crippen molar-refractivity contribution in [3.05, 3.63) is 53.3 Å². The maximum atomic E-state index is 12.1. The number of aromatic nitrogens is 1. The second-order valence-electron chi connectivity index (χ2n) is 5.06. The van der Waals surface area contributed by atoms with Gasteiger partial charge in [-0.05, 0) is 35.9 Å². The molecule has 22 heavy (non-hydrogen) atoms. The molecule has 0 unspecified atom stereocenters. The molecular weight excluding hydrogens is 284 g/mol. The summed E-state index contributed by atoms with van der Waals surface area (Å²) in [5.41, 5.74) is 2.36. The number of amides is 1. The number of hydrogen-bond donors (Lipinski definition) is 1. The van der Waals surface area contributed by atoms with Crippen LogP contribution in [0.2, 0.25) is 0 Å². The van der Waals surface area contributed by atoms with E-state index in [-0.39, 0.29) is 24.7 Å². The maximum Gasteiger partial charge on any atom is 0.355 e. The summed E-state index contributed by atoms with van der Waals surface area (Å²) < 4.78 is 4.97. The van der Waals surface area contributed by atoms with Gasteiger partial charge in [0.2, 0.25) is 5.91 Å². The Hall–Kier alpha value is -2.89. The highest BCUT2D eigenvalue weighted by atomic mass is 16.5. The van der Waals surface area contributed by atoms with Crippen molar-refractivity contribution in [1.29, 1.82) is 0 Å². The topological polar surface area (TPSA) is 79.5 Å². The second kappa shape index (κ2) is 5.48. The first kappa shape index (κ1) is 14.1. The lowest BCUT2D eigenvalue weighted by Gasteiger charge is -2.10. The van der Waals surface area contributed by atoms with Gasteiger partial charge in [0.05, 0.1) is 6.42 Å². The molecule has 0 saturated carbocycles. The summed E-state index contributed by atoms with van der Waals surface area (Å²) >= 11 is 0. The Labute approximate surface area is 126 Å². The molecule has 6 nitrogen and oxygen atoms in total. The number of H-pyrrole nitrogens is 1. The lowest BCUT2D eigenvalue weighted by molar-refractivity contribution is -0.117. The van der Waals surface area contributed by atoms with Crippen LogP contribution in [0.4, 0.5) is 5.69 Å². The van der Waals surface area contributed by atoms with Gasteiger partial charge in [-0.1, -0.05) is 0 Å². The zero-order valence-corrected chi connectivity index (χ0v) is 12.0. The zero-order chi connectivity index (χ0) is 15.7. The molecule has 1 aromatic carbocycles. The molecular formula is C16H14N2O4. The Kier molecular flexibility index (Phi) is 3.50. The van der Waals surface area contributed by atoms with Gasteiger partial charge in [-0.2, -0.15) is 0 Å². The van der Waals surface area contributed by atoms with E-state index in [4.69, 9.17) is 4.74 Å². The lowest BCUT2D eigenvalue weighted by Crippen LogP contribution is -2.20. The standard InChI is InChI=1S/C16H14N2O4/c1-18-13-5-4-10(7-11(13)8-15(18)20)14(19)9-22-16(21)12-3-2-6-17-12/h2-7,17H,8-9H2,1H3. The second-order valence-corrected chi connectivity index (χ2v) is 5.06. The molecule has 2 aromatic rings. The SMILES string of the molecule is CN1C(=O)Cc2cc(C(=O)COC(=O)c3ccc[nH]3)ccc21. The van der Waals surface area contributed by atoms with Crippen LogP contribution in [-0.4, -0.2) is 36.3 Å². The van der Waals surface area contributed by atoms with Gasteiger partial charge in [-0.25, -0.2) is 4.79 Å². The summed E-state index contributed by atoms with van der Waals surface area (Å²) in [4.78, 5) is 39.7. The van der Waals surface area contributed by atoms with E-state index >= 15 is 0 Å². The van der Waals surface area contributed by atoms with Gasteiger partial charge in [0.1, 0.15) is 5.69 Å². The molecule has 112 valence electrons. The fraction of sp³-hybridized carbons (Fsp3) is 0.188. The van der Waals surface area contributed by atoms with E-state index < -0.39 is 5.97 Å². The van der Waals surface area contributed by atoms with Crippen LogP contribution < -0.4 is 4.90 Å². The number of carbonyl (C=O) groups excluding carboxylic acids is 3. The van der Waals surface area contributed by atoms with Gasteiger partial charge in [-0.3, -0.25) is 9.59 Å². The fourth-order valence-corrected chi connectivity index (χ4v) is 2.39. The van der Waals surface area contributed by atoms with Crippen LogP contribution in [0.15, 0.2) is 36.5 Å². The quantitative estimate of drug-likeness (QED) is 0.686. The highest BCUT2D eigenvalue weighted by Crippen LogP contribution is 2.28. The Morgan fingerprint density at radius 3 is 2.86 bits per heavy atom. The van der Waals surface area contributed by atoms with Crippen LogP contribution in [0.25, 0.3) is 0 Å². The van der Waals surface area contributed by atoms with Crippen LogP contribution in [0, 0.1) is 0 Å². The third-order valence-corrected chi connectivity index (χ3v) is 3.63. The number of ether oxygens (including phenoxy) is 1. The zero-order valence-electron chi connectivity index (χ0n) is 12.0. The molecule has 1 N–H and O–H groups in total. The van der Waals surface area contributed by atoms with E-state index in [1.54, 1.807) is 48.5 Å². The molecule has 0 aliphatic carbocycles. The Bertz CT molecular complexity index is 750. The first-order valence-corrected chi connectivity index (χ1v) is 6.79.